The third kappa shape index (κ3) is 4.48. The van der Waals surface area contributed by atoms with E-state index in [2.05, 4.69) is 12.1 Å². The number of likely N-dealkylation sites (tertiary alicyclic amines) is 1. The highest BCUT2D eigenvalue weighted by Crippen LogP contribution is 2.27. The van der Waals surface area contributed by atoms with Crippen molar-refractivity contribution >= 4 is 5.91 Å². The van der Waals surface area contributed by atoms with Gasteiger partial charge in [0.1, 0.15) is 5.75 Å². The third-order valence-electron chi connectivity index (χ3n) is 4.51. The van der Waals surface area contributed by atoms with Crippen molar-refractivity contribution in [1.29, 1.82) is 0 Å². The summed E-state index contributed by atoms with van der Waals surface area (Å²) in [5.74, 6) is 1.07. The van der Waals surface area contributed by atoms with Gasteiger partial charge >= 0.3 is 0 Å². The number of carbonyl (C=O) groups is 1. The van der Waals surface area contributed by atoms with Crippen molar-refractivity contribution in [1.82, 2.24) is 4.90 Å². The predicted octanol–water partition coefficient (Wildman–Crippen LogP) is 3.61. The van der Waals surface area contributed by atoms with Gasteiger partial charge in [-0.25, -0.2) is 0 Å². The molecule has 3 rings (SSSR count). The van der Waals surface area contributed by atoms with Gasteiger partial charge in [-0.1, -0.05) is 30.4 Å². The number of piperidine rings is 1. The number of rotatable bonds is 5. The zero-order valence-electron chi connectivity index (χ0n) is 14.1. The molecular weight excluding hydrogens is 302 g/mol. The van der Waals surface area contributed by atoms with Crippen LogP contribution in [0.4, 0.5) is 0 Å². The van der Waals surface area contributed by atoms with Gasteiger partial charge in [0.05, 0.1) is 6.61 Å². The predicted molar refractivity (Wildman–Crippen MR) is 93.8 cm³/mol. The minimum Gasteiger partial charge on any atom is -0.467 e. The number of hydrogen-bond donors (Lipinski definition) is 0. The van der Waals surface area contributed by atoms with Gasteiger partial charge in [-0.3, -0.25) is 4.79 Å². The molecule has 0 saturated carbocycles. The van der Waals surface area contributed by atoms with E-state index in [0.29, 0.717) is 13.4 Å². The number of ether oxygens (including phenoxy) is 2. The van der Waals surface area contributed by atoms with Crippen molar-refractivity contribution in [3.63, 3.8) is 0 Å². The molecule has 1 saturated heterocycles. The second kappa shape index (κ2) is 8.69. The van der Waals surface area contributed by atoms with Crippen molar-refractivity contribution in [3.8, 4) is 5.75 Å². The number of allylic oxidation sites excluding steroid dienone is 3. The number of benzene rings is 1. The Balaban J connectivity index is 1.45. The Labute approximate surface area is 143 Å². The van der Waals surface area contributed by atoms with Gasteiger partial charge in [-0.05, 0) is 43.7 Å². The van der Waals surface area contributed by atoms with E-state index in [-0.39, 0.29) is 5.91 Å². The third-order valence-corrected chi connectivity index (χ3v) is 4.51. The lowest BCUT2D eigenvalue weighted by molar-refractivity contribution is -0.126. The van der Waals surface area contributed by atoms with E-state index < -0.39 is 0 Å². The van der Waals surface area contributed by atoms with Gasteiger partial charge in [0.25, 0.3) is 0 Å². The molecule has 1 aromatic carbocycles. The first-order chi connectivity index (χ1) is 11.8. The molecule has 4 nitrogen and oxygen atoms in total. The van der Waals surface area contributed by atoms with Crippen molar-refractivity contribution in [3.05, 3.63) is 53.6 Å². The fourth-order valence-electron chi connectivity index (χ4n) is 3.16. The van der Waals surface area contributed by atoms with Gasteiger partial charge in [0.15, 0.2) is 6.79 Å². The molecule has 2 heterocycles. The molecule has 0 aromatic heterocycles. The van der Waals surface area contributed by atoms with Gasteiger partial charge in [0.2, 0.25) is 5.91 Å². The van der Waals surface area contributed by atoms with Crippen LogP contribution < -0.4 is 4.74 Å². The SMILES string of the molecule is O=C(C=CC=CCCc1cccc2c1COCO2)N1CCCCC1. The fourth-order valence-corrected chi connectivity index (χ4v) is 3.16. The summed E-state index contributed by atoms with van der Waals surface area (Å²) < 4.78 is 10.9. The van der Waals surface area contributed by atoms with Gasteiger partial charge in [0, 0.05) is 24.7 Å². The summed E-state index contributed by atoms with van der Waals surface area (Å²) in [6.45, 7) is 2.76. The molecule has 0 N–H and O–H groups in total. The summed E-state index contributed by atoms with van der Waals surface area (Å²) >= 11 is 0. The molecule has 0 bridgehead atoms. The largest absolute Gasteiger partial charge is 0.467 e. The van der Waals surface area contributed by atoms with E-state index in [4.69, 9.17) is 9.47 Å². The summed E-state index contributed by atoms with van der Waals surface area (Å²) in [5, 5.41) is 0. The first-order valence-corrected chi connectivity index (χ1v) is 8.78. The Morgan fingerprint density at radius 3 is 2.92 bits per heavy atom. The highest BCUT2D eigenvalue weighted by atomic mass is 16.7. The van der Waals surface area contributed by atoms with E-state index in [9.17, 15) is 4.79 Å². The maximum absolute atomic E-state index is 12.0. The molecule has 0 radical (unpaired) electrons. The van der Waals surface area contributed by atoms with Crippen molar-refractivity contribution < 1.29 is 14.3 Å². The van der Waals surface area contributed by atoms with Crippen LogP contribution in [0, 0.1) is 0 Å². The van der Waals surface area contributed by atoms with Crippen molar-refractivity contribution in [2.45, 2.75) is 38.7 Å². The Morgan fingerprint density at radius 1 is 1.17 bits per heavy atom. The Kier molecular flexibility index (Phi) is 6.07. The summed E-state index contributed by atoms with van der Waals surface area (Å²) in [7, 11) is 0. The van der Waals surface area contributed by atoms with Crippen LogP contribution in [0.3, 0.4) is 0 Å². The average molecular weight is 327 g/mol. The Bertz CT molecular complexity index is 615. The molecule has 0 aliphatic carbocycles. The molecule has 1 amide bonds. The standard InChI is InChI=1S/C20H25NO3/c22-20(21-13-6-3-7-14-21)12-5-2-1-4-9-17-10-8-11-19-18(17)15-23-16-24-19/h1-2,5,8,10-12H,3-4,6-7,9,13-16H2. The molecule has 128 valence electrons. The smallest absolute Gasteiger partial charge is 0.246 e. The fraction of sp³-hybridized carbons (Fsp3) is 0.450. The summed E-state index contributed by atoms with van der Waals surface area (Å²) in [6.07, 6.45) is 13.0. The number of amides is 1. The molecule has 0 unspecified atom stereocenters. The summed E-state index contributed by atoms with van der Waals surface area (Å²) in [4.78, 5) is 13.9. The molecule has 1 fully saturated rings. The zero-order chi connectivity index (χ0) is 16.6. The van der Waals surface area contributed by atoms with Crippen LogP contribution in [-0.4, -0.2) is 30.7 Å². The van der Waals surface area contributed by atoms with Gasteiger partial charge < -0.3 is 14.4 Å². The number of carbonyl (C=O) groups excluding carboxylic acids is 1. The summed E-state index contributed by atoms with van der Waals surface area (Å²) in [6, 6.07) is 6.15. The number of hydrogen-bond acceptors (Lipinski definition) is 3. The van der Waals surface area contributed by atoms with E-state index in [1.165, 1.54) is 12.0 Å². The van der Waals surface area contributed by atoms with Gasteiger partial charge in [-0.15, -0.1) is 0 Å². The Morgan fingerprint density at radius 2 is 2.04 bits per heavy atom. The van der Waals surface area contributed by atoms with Crippen molar-refractivity contribution in [2.75, 3.05) is 19.9 Å². The first kappa shape index (κ1) is 16.8. The number of nitrogens with zero attached hydrogens (tertiary/aromatic N) is 1. The van der Waals surface area contributed by atoms with Crippen LogP contribution in [0.25, 0.3) is 0 Å². The molecule has 2 aliphatic heterocycles. The number of fused-ring (bicyclic) bond motifs is 1. The minimum atomic E-state index is 0.130. The maximum Gasteiger partial charge on any atom is 0.246 e. The van der Waals surface area contributed by atoms with Crippen LogP contribution in [-0.2, 0) is 22.6 Å². The summed E-state index contributed by atoms with van der Waals surface area (Å²) in [5.41, 5.74) is 2.43. The van der Waals surface area contributed by atoms with Crippen LogP contribution in [0.2, 0.25) is 0 Å². The van der Waals surface area contributed by atoms with Crippen LogP contribution in [0.5, 0.6) is 5.75 Å². The minimum absolute atomic E-state index is 0.130. The van der Waals surface area contributed by atoms with Crippen LogP contribution in [0.15, 0.2) is 42.5 Å². The van der Waals surface area contributed by atoms with Gasteiger partial charge in [-0.2, -0.15) is 0 Å². The molecule has 4 heteroatoms. The molecule has 0 atom stereocenters. The molecule has 2 aliphatic rings. The zero-order valence-corrected chi connectivity index (χ0v) is 14.1. The lowest BCUT2D eigenvalue weighted by Crippen LogP contribution is -2.34. The Hall–Kier alpha value is -2.07. The van der Waals surface area contributed by atoms with E-state index in [1.807, 2.05) is 29.2 Å². The lowest BCUT2D eigenvalue weighted by Gasteiger charge is -2.25. The maximum atomic E-state index is 12.0. The molecule has 0 spiro atoms. The van der Waals surface area contributed by atoms with E-state index in [0.717, 1.165) is 50.1 Å². The second-order valence-electron chi connectivity index (χ2n) is 6.22. The quantitative estimate of drug-likeness (QED) is 0.612. The van der Waals surface area contributed by atoms with Crippen LogP contribution >= 0.6 is 0 Å². The molecule has 1 aromatic rings. The lowest BCUT2D eigenvalue weighted by atomic mass is 10.0. The normalized spacial score (nSPS) is 17.9. The molecule has 24 heavy (non-hydrogen) atoms. The number of aryl methyl sites for hydroxylation is 1. The highest BCUT2D eigenvalue weighted by molar-refractivity contribution is 5.87. The molecular formula is C20H25NO3. The van der Waals surface area contributed by atoms with Crippen molar-refractivity contribution in [2.24, 2.45) is 0 Å². The average Bonchev–Trinajstić information content (AvgIpc) is 2.65. The van der Waals surface area contributed by atoms with E-state index in [1.54, 1.807) is 6.08 Å². The second-order valence-corrected chi connectivity index (χ2v) is 6.22. The topological polar surface area (TPSA) is 38.8 Å². The first-order valence-electron chi connectivity index (χ1n) is 8.78. The highest BCUT2D eigenvalue weighted by Gasteiger charge is 2.14. The van der Waals surface area contributed by atoms with E-state index >= 15 is 0 Å². The van der Waals surface area contributed by atoms with Crippen LogP contribution in [0.1, 0.15) is 36.8 Å². The monoisotopic (exact) mass is 327 g/mol.